The molecule has 0 N–H and O–H groups in total. The molecule has 0 aliphatic carbocycles. The van der Waals surface area contributed by atoms with E-state index in [1.165, 1.54) is 17.3 Å². The molecular formula is C13H16N2O. The third-order valence-corrected chi connectivity index (χ3v) is 2.96. The summed E-state index contributed by atoms with van der Waals surface area (Å²) in [5, 5.41) is 0. The summed E-state index contributed by atoms with van der Waals surface area (Å²) in [7, 11) is 2.06. The zero-order valence-electron chi connectivity index (χ0n) is 9.52. The van der Waals surface area contributed by atoms with E-state index >= 15 is 0 Å². The molecule has 0 aromatic heterocycles. The molecular weight excluding hydrogens is 200 g/mol. The van der Waals surface area contributed by atoms with E-state index in [9.17, 15) is 4.79 Å². The number of para-hydroxylation sites is 1. The van der Waals surface area contributed by atoms with Crippen LogP contribution in [0, 0.1) is 0 Å². The van der Waals surface area contributed by atoms with Crippen LogP contribution in [0.3, 0.4) is 0 Å². The molecule has 0 saturated carbocycles. The molecule has 1 heterocycles. The van der Waals surface area contributed by atoms with E-state index in [0.29, 0.717) is 6.54 Å². The van der Waals surface area contributed by atoms with Crippen molar-refractivity contribution >= 4 is 11.6 Å². The minimum absolute atomic E-state index is 0.00473. The number of fused-ring (bicyclic) bond motifs is 1. The van der Waals surface area contributed by atoms with Crippen molar-refractivity contribution < 1.29 is 4.79 Å². The molecule has 0 saturated heterocycles. The normalized spacial score (nSPS) is 15.3. The van der Waals surface area contributed by atoms with Crippen molar-refractivity contribution in [2.75, 3.05) is 25.0 Å². The zero-order valence-corrected chi connectivity index (χ0v) is 9.52. The summed E-state index contributed by atoms with van der Waals surface area (Å²) in [6, 6.07) is 8.20. The molecule has 0 radical (unpaired) electrons. The molecule has 3 nitrogen and oxygen atoms in total. The highest BCUT2D eigenvalue weighted by molar-refractivity contribution is 5.87. The van der Waals surface area contributed by atoms with Crippen molar-refractivity contribution in [3.05, 3.63) is 42.5 Å². The number of benzene rings is 1. The second-order valence-electron chi connectivity index (χ2n) is 4.01. The van der Waals surface area contributed by atoms with Crippen LogP contribution in [-0.2, 0) is 11.3 Å². The maximum Gasteiger partial charge on any atom is 0.246 e. The van der Waals surface area contributed by atoms with E-state index in [-0.39, 0.29) is 5.91 Å². The lowest BCUT2D eigenvalue weighted by atomic mass is 10.1. The fourth-order valence-electron chi connectivity index (χ4n) is 2.01. The first-order valence-corrected chi connectivity index (χ1v) is 5.43. The first kappa shape index (κ1) is 10.7. The Hall–Kier alpha value is -1.77. The SMILES string of the molecule is C=CC(=O)N1CCN(C)c2ccccc2C1. The number of amides is 1. The number of carbonyl (C=O) groups excluding carboxylic acids is 1. The highest BCUT2D eigenvalue weighted by atomic mass is 16.2. The quantitative estimate of drug-likeness (QED) is 0.666. The standard InChI is InChI=1S/C13H16N2O/c1-3-13(16)15-9-8-14(2)12-7-5-4-6-11(12)10-15/h3-7H,1,8-10H2,2H3. The topological polar surface area (TPSA) is 23.6 Å². The number of hydrogen-bond donors (Lipinski definition) is 0. The number of rotatable bonds is 1. The predicted molar refractivity (Wildman–Crippen MR) is 65.3 cm³/mol. The Morgan fingerprint density at radius 2 is 2.12 bits per heavy atom. The Bertz CT molecular complexity index is 414. The van der Waals surface area contributed by atoms with Crippen LogP contribution in [-0.4, -0.2) is 30.9 Å². The summed E-state index contributed by atoms with van der Waals surface area (Å²) in [4.78, 5) is 15.6. The van der Waals surface area contributed by atoms with Gasteiger partial charge in [-0.25, -0.2) is 0 Å². The number of hydrogen-bond acceptors (Lipinski definition) is 2. The second kappa shape index (κ2) is 4.39. The van der Waals surface area contributed by atoms with Gasteiger partial charge in [0.25, 0.3) is 0 Å². The van der Waals surface area contributed by atoms with Crippen molar-refractivity contribution in [2.24, 2.45) is 0 Å². The molecule has 1 aliphatic rings. The summed E-state index contributed by atoms with van der Waals surface area (Å²) in [5.41, 5.74) is 2.40. The van der Waals surface area contributed by atoms with Crippen LogP contribution in [0.4, 0.5) is 5.69 Å². The highest BCUT2D eigenvalue weighted by Gasteiger charge is 2.18. The van der Waals surface area contributed by atoms with E-state index in [2.05, 4.69) is 30.7 Å². The molecule has 0 atom stereocenters. The van der Waals surface area contributed by atoms with Crippen LogP contribution in [0.25, 0.3) is 0 Å². The first-order chi connectivity index (χ1) is 7.72. The van der Waals surface area contributed by atoms with Gasteiger partial charge in [0, 0.05) is 32.4 Å². The average molecular weight is 216 g/mol. The Morgan fingerprint density at radius 3 is 2.88 bits per heavy atom. The summed E-state index contributed by atoms with van der Waals surface area (Å²) in [5.74, 6) is 0.00473. The van der Waals surface area contributed by atoms with Crippen molar-refractivity contribution in [1.82, 2.24) is 4.90 Å². The summed E-state index contributed by atoms with van der Waals surface area (Å²) in [6.45, 7) is 5.81. The zero-order chi connectivity index (χ0) is 11.5. The van der Waals surface area contributed by atoms with Crippen molar-refractivity contribution in [3.63, 3.8) is 0 Å². The van der Waals surface area contributed by atoms with Crippen LogP contribution in [0.2, 0.25) is 0 Å². The third kappa shape index (κ3) is 1.94. The largest absolute Gasteiger partial charge is 0.373 e. The van der Waals surface area contributed by atoms with Crippen LogP contribution >= 0.6 is 0 Å². The lowest BCUT2D eigenvalue weighted by molar-refractivity contribution is -0.126. The van der Waals surface area contributed by atoms with E-state index < -0.39 is 0 Å². The van der Waals surface area contributed by atoms with Crippen LogP contribution < -0.4 is 4.90 Å². The van der Waals surface area contributed by atoms with Gasteiger partial charge in [0.2, 0.25) is 5.91 Å². The fraction of sp³-hybridized carbons (Fsp3) is 0.308. The molecule has 1 aromatic rings. The molecule has 0 bridgehead atoms. The van der Waals surface area contributed by atoms with Crippen molar-refractivity contribution in [1.29, 1.82) is 0 Å². The van der Waals surface area contributed by atoms with E-state index in [1.54, 1.807) is 0 Å². The number of carbonyl (C=O) groups is 1. The minimum atomic E-state index is 0.00473. The van der Waals surface area contributed by atoms with Gasteiger partial charge in [-0.15, -0.1) is 0 Å². The van der Waals surface area contributed by atoms with Gasteiger partial charge in [-0.2, -0.15) is 0 Å². The first-order valence-electron chi connectivity index (χ1n) is 5.43. The van der Waals surface area contributed by atoms with Crippen LogP contribution in [0.1, 0.15) is 5.56 Å². The van der Waals surface area contributed by atoms with Gasteiger partial charge in [-0.05, 0) is 17.7 Å². The molecule has 0 unspecified atom stereocenters. The number of nitrogens with zero attached hydrogens (tertiary/aromatic N) is 2. The molecule has 1 aliphatic heterocycles. The Kier molecular flexibility index (Phi) is 2.95. The molecule has 2 rings (SSSR count). The number of likely N-dealkylation sites (N-methyl/N-ethyl adjacent to an activating group) is 1. The number of anilines is 1. The van der Waals surface area contributed by atoms with Crippen molar-refractivity contribution in [3.8, 4) is 0 Å². The van der Waals surface area contributed by atoms with Gasteiger partial charge in [-0.3, -0.25) is 4.79 Å². The van der Waals surface area contributed by atoms with Gasteiger partial charge in [-0.1, -0.05) is 24.8 Å². The Labute approximate surface area is 96.0 Å². The average Bonchev–Trinajstić information content (AvgIpc) is 2.49. The molecule has 3 heteroatoms. The van der Waals surface area contributed by atoms with E-state index in [1.807, 2.05) is 17.0 Å². The summed E-state index contributed by atoms with van der Waals surface area (Å²) < 4.78 is 0. The third-order valence-electron chi connectivity index (χ3n) is 2.96. The highest BCUT2D eigenvalue weighted by Crippen LogP contribution is 2.23. The van der Waals surface area contributed by atoms with E-state index in [4.69, 9.17) is 0 Å². The monoisotopic (exact) mass is 216 g/mol. The fourth-order valence-corrected chi connectivity index (χ4v) is 2.01. The van der Waals surface area contributed by atoms with Gasteiger partial charge in [0.05, 0.1) is 0 Å². The lowest BCUT2D eigenvalue weighted by Gasteiger charge is -2.19. The summed E-state index contributed by atoms with van der Waals surface area (Å²) in [6.07, 6.45) is 1.38. The smallest absolute Gasteiger partial charge is 0.246 e. The predicted octanol–water partition coefficient (Wildman–Crippen LogP) is 1.65. The lowest BCUT2D eigenvalue weighted by Crippen LogP contribution is -2.33. The van der Waals surface area contributed by atoms with Crippen molar-refractivity contribution in [2.45, 2.75) is 6.54 Å². The molecule has 84 valence electrons. The molecule has 0 spiro atoms. The van der Waals surface area contributed by atoms with Gasteiger partial charge >= 0.3 is 0 Å². The maximum atomic E-state index is 11.6. The van der Waals surface area contributed by atoms with Gasteiger partial charge in [0.1, 0.15) is 0 Å². The van der Waals surface area contributed by atoms with E-state index in [0.717, 1.165) is 13.1 Å². The maximum absolute atomic E-state index is 11.6. The summed E-state index contributed by atoms with van der Waals surface area (Å²) >= 11 is 0. The molecule has 16 heavy (non-hydrogen) atoms. The Balaban J connectivity index is 2.31. The molecule has 1 aromatic carbocycles. The molecule has 1 amide bonds. The van der Waals surface area contributed by atoms with Gasteiger partial charge in [0.15, 0.2) is 0 Å². The van der Waals surface area contributed by atoms with Crippen LogP contribution in [0.15, 0.2) is 36.9 Å². The van der Waals surface area contributed by atoms with Gasteiger partial charge < -0.3 is 9.80 Å². The van der Waals surface area contributed by atoms with Crippen LogP contribution in [0.5, 0.6) is 0 Å². The Morgan fingerprint density at radius 1 is 1.38 bits per heavy atom. The second-order valence-corrected chi connectivity index (χ2v) is 4.01. The minimum Gasteiger partial charge on any atom is -0.373 e. The molecule has 0 fully saturated rings.